The molecule has 1 atom stereocenters. The van der Waals surface area contributed by atoms with Crippen LogP contribution in [0.4, 0.5) is 5.69 Å². The molecular formula is C23H20N2O3. The van der Waals surface area contributed by atoms with Crippen molar-refractivity contribution in [2.24, 2.45) is 0 Å². The van der Waals surface area contributed by atoms with Crippen LogP contribution in [-0.4, -0.2) is 31.3 Å². The molecule has 0 saturated carbocycles. The van der Waals surface area contributed by atoms with Crippen molar-refractivity contribution < 1.29 is 14.2 Å². The van der Waals surface area contributed by atoms with Crippen LogP contribution in [0.15, 0.2) is 60.8 Å². The summed E-state index contributed by atoms with van der Waals surface area (Å²) in [7, 11) is 0. The topological polar surface area (TPSA) is 43.8 Å². The van der Waals surface area contributed by atoms with Gasteiger partial charge in [0, 0.05) is 30.1 Å². The summed E-state index contributed by atoms with van der Waals surface area (Å²) in [5.74, 6) is 2.49. The zero-order chi connectivity index (χ0) is 18.6. The molecule has 1 spiro atoms. The third-order valence-electron chi connectivity index (χ3n) is 5.93. The van der Waals surface area contributed by atoms with Crippen molar-refractivity contribution in [2.75, 3.05) is 31.3 Å². The summed E-state index contributed by atoms with van der Waals surface area (Å²) in [5.41, 5.74) is 4.61. The maximum Gasteiger partial charge on any atom is 0.165 e. The predicted octanol–water partition coefficient (Wildman–Crippen LogP) is 3.55. The van der Waals surface area contributed by atoms with E-state index in [9.17, 15) is 0 Å². The molecule has 0 unspecified atom stereocenters. The highest BCUT2D eigenvalue weighted by atomic mass is 16.6. The summed E-state index contributed by atoms with van der Waals surface area (Å²) in [5, 5.41) is 0. The van der Waals surface area contributed by atoms with Crippen LogP contribution in [0.5, 0.6) is 17.2 Å². The molecule has 5 heteroatoms. The van der Waals surface area contributed by atoms with Gasteiger partial charge in [-0.1, -0.05) is 24.3 Å². The molecule has 0 fully saturated rings. The minimum Gasteiger partial charge on any atom is -0.492 e. The predicted molar refractivity (Wildman–Crippen MR) is 105 cm³/mol. The molecule has 3 aliphatic rings. The number of nitrogens with zero attached hydrogens (tertiary/aromatic N) is 2. The van der Waals surface area contributed by atoms with Crippen molar-refractivity contribution in [1.29, 1.82) is 0 Å². The summed E-state index contributed by atoms with van der Waals surface area (Å²) in [6.45, 7) is 3.43. The zero-order valence-electron chi connectivity index (χ0n) is 15.4. The normalized spacial score (nSPS) is 21.4. The van der Waals surface area contributed by atoms with Gasteiger partial charge in [-0.05, 0) is 29.8 Å². The number of hydrogen-bond donors (Lipinski definition) is 0. The molecule has 3 aromatic rings. The fourth-order valence-electron chi connectivity index (χ4n) is 4.67. The average molecular weight is 372 g/mol. The van der Waals surface area contributed by atoms with E-state index in [1.54, 1.807) is 0 Å². The van der Waals surface area contributed by atoms with Gasteiger partial charge in [0.05, 0.1) is 17.7 Å². The van der Waals surface area contributed by atoms with E-state index in [1.807, 2.05) is 24.4 Å². The number of rotatable bonds is 2. The SMILES string of the molecule is c1ccc(CN2C[C@]3(COc4cc5c(cc43)OCCO5)c3ccccc32)nc1. The molecular weight excluding hydrogens is 352 g/mol. The van der Waals surface area contributed by atoms with Crippen LogP contribution in [0.3, 0.4) is 0 Å². The molecule has 0 radical (unpaired) electrons. The Labute approximate surface area is 163 Å². The van der Waals surface area contributed by atoms with E-state index < -0.39 is 0 Å². The van der Waals surface area contributed by atoms with Crippen molar-refractivity contribution in [1.82, 2.24) is 4.98 Å². The van der Waals surface area contributed by atoms with E-state index in [0.717, 1.165) is 36.0 Å². The second-order valence-corrected chi connectivity index (χ2v) is 7.56. The highest BCUT2D eigenvalue weighted by Gasteiger charge is 2.50. The van der Waals surface area contributed by atoms with Gasteiger partial charge < -0.3 is 19.1 Å². The largest absolute Gasteiger partial charge is 0.492 e. The second kappa shape index (κ2) is 5.89. The van der Waals surface area contributed by atoms with Crippen LogP contribution in [-0.2, 0) is 12.0 Å². The van der Waals surface area contributed by atoms with Crippen LogP contribution in [0, 0.1) is 0 Å². The molecule has 0 saturated heterocycles. The number of anilines is 1. The first kappa shape index (κ1) is 15.8. The highest BCUT2D eigenvalue weighted by Crippen LogP contribution is 2.54. The number of hydrogen-bond acceptors (Lipinski definition) is 5. The van der Waals surface area contributed by atoms with Crippen LogP contribution in [0.25, 0.3) is 0 Å². The van der Waals surface area contributed by atoms with Gasteiger partial charge in [0.1, 0.15) is 25.6 Å². The Kier molecular flexibility index (Phi) is 3.33. The lowest BCUT2D eigenvalue weighted by molar-refractivity contribution is 0.171. The van der Waals surface area contributed by atoms with Gasteiger partial charge >= 0.3 is 0 Å². The van der Waals surface area contributed by atoms with Gasteiger partial charge in [0.2, 0.25) is 0 Å². The average Bonchev–Trinajstić information content (AvgIpc) is 3.26. The maximum atomic E-state index is 6.18. The lowest BCUT2D eigenvalue weighted by Crippen LogP contribution is -2.36. The van der Waals surface area contributed by atoms with Gasteiger partial charge in [-0.25, -0.2) is 0 Å². The number of pyridine rings is 1. The fraction of sp³-hybridized carbons (Fsp3) is 0.261. The van der Waals surface area contributed by atoms with Crippen LogP contribution >= 0.6 is 0 Å². The lowest BCUT2D eigenvalue weighted by Gasteiger charge is -2.26. The summed E-state index contributed by atoms with van der Waals surface area (Å²) < 4.78 is 17.8. The van der Waals surface area contributed by atoms with E-state index in [4.69, 9.17) is 14.2 Å². The monoisotopic (exact) mass is 372 g/mol. The van der Waals surface area contributed by atoms with Gasteiger partial charge in [0.25, 0.3) is 0 Å². The van der Waals surface area contributed by atoms with E-state index in [2.05, 4.69) is 46.3 Å². The molecule has 0 bridgehead atoms. The molecule has 0 aliphatic carbocycles. The molecule has 2 aromatic carbocycles. The van der Waals surface area contributed by atoms with Gasteiger partial charge in [0.15, 0.2) is 11.5 Å². The number of fused-ring (bicyclic) bond motifs is 5. The van der Waals surface area contributed by atoms with Gasteiger partial charge in [-0.3, -0.25) is 4.98 Å². The lowest BCUT2D eigenvalue weighted by atomic mass is 9.77. The maximum absolute atomic E-state index is 6.18. The van der Waals surface area contributed by atoms with E-state index >= 15 is 0 Å². The molecule has 1 aromatic heterocycles. The number of benzene rings is 2. The fourth-order valence-corrected chi connectivity index (χ4v) is 4.67. The smallest absolute Gasteiger partial charge is 0.165 e. The Balaban J connectivity index is 1.45. The minimum atomic E-state index is -0.198. The van der Waals surface area contributed by atoms with Crippen molar-refractivity contribution in [3.63, 3.8) is 0 Å². The van der Waals surface area contributed by atoms with Crippen molar-refractivity contribution in [2.45, 2.75) is 12.0 Å². The van der Waals surface area contributed by atoms with Crippen molar-refractivity contribution >= 4 is 5.69 Å². The van der Waals surface area contributed by atoms with E-state index in [1.165, 1.54) is 16.8 Å². The van der Waals surface area contributed by atoms with Crippen molar-refractivity contribution in [3.8, 4) is 17.2 Å². The number of para-hydroxylation sites is 1. The minimum absolute atomic E-state index is 0.198. The summed E-state index contributed by atoms with van der Waals surface area (Å²) in [6, 6.07) is 18.8. The molecule has 140 valence electrons. The quantitative estimate of drug-likeness (QED) is 0.688. The van der Waals surface area contributed by atoms with Gasteiger partial charge in [-0.2, -0.15) is 0 Å². The van der Waals surface area contributed by atoms with E-state index in [-0.39, 0.29) is 5.41 Å². The Morgan fingerprint density at radius 1 is 0.857 bits per heavy atom. The third-order valence-corrected chi connectivity index (χ3v) is 5.93. The summed E-state index contributed by atoms with van der Waals surface area (Å²) >= 11 is 0. The second-order valence-electron chi connectivity index (χ2n) is 7.56. The molecule has 6 rings (SSSR count). The summed E-state index contributed by atoms with van der Waals surface area (Å²) in [6.07, 6.45) is 1.85. The van der Waals surface area contributed by atoms with Gasteiger partial charge in [-0.15, -0.1) is 0 Å². The molecule has 5 nitrogen and oxygen atoms in total. The number of aromatic nitrogens is 1. The molecule has 28 heavy (non-hydrogen) atoms. The first-order valence-electron chi connectivity index (χ1n) is 9.65. The Morgan fingerprint density at radius 3 is 2.54 bits per heavy atom. The first-order valence-corrected chi connectivity index (χ1v) is 9.65. The first-order chi connectivity index (χ1) is 13.8. The Morgan fingerprint density at radius 2 is 1.68 bits per heavy atom. The van der Waals surface area contributed by atoms with Crippen molar-refractivity contribution in [3.05, 3.63) is 77.6 Å². The molecule has 0 N–H and O–H groups in total. The third kappa shape index (κ3) is 2.22. The molecule has 3 aliphatic heterocycles. The van der Waals surface area contributed by atoms with Crippen LogP contribution < -0.4 is 19.1 Å². The molecule has 0 amide bonds. The zero-order valence-corrected chi connectivity index (χ0v) is 15.4. The Hall–Kier alpha value is -3.21. The standard InChI is InChI=1S/C23H20N2O3/c1-2-7-19-17(6-1)23(14-25(19)13-16-5-3-4-8-24-16)15-28-20-12-22-21(11-18(20)23)26-9-10-27-22/h1-8,11-12H,9-10,13-15H2/t23-/m0/s1. The number of ether oxygens (including phenoxy) is 3. The highest BCUT2D eigenvalue weighted by molar-refractivity contribution is 5.70. The molecule has 4 heterocycles. The summed E-state index contributed by atoms with van der Waals surface area (Å²) in [4.78, 5) is 6.93. The Bertz CT molecular complexity index is 1050. The van der Waals surface area contributed by atoms with Crippen LogP contribution in [0.2, 0.25) is 0 Å². The van der Waals surface area contributed by atoms with Crippen LogP contribution in [0.1, 0.15) is 16.8 Å². The van der Waals surface area contributed by atoms with E-state index in [0.29, 0.717) is 19.8 Å².